The Kier molecular flexibility index (Phi) is 9.10. The quantitative estimate of drug-likeness (QED) is 0.407. The van der Waals surface area contributed by atoms with Gasteiger partial charge in [-0.3, -0.25) is 23.9 Å². The number of ether oxygens (including phenoxy) is 4. The molecule has 1 N–H and O–H groups in total. The first kappa shape index (κ1) is 25.5. The van der Waals surface area contributed by atoms with Gasteiger partial charge in [-0.15, -0.1) is 0 Å². The van der Waals surface area contributed by atoms with Crippen molar-refractivity contribution in [1.82, 2.24) is 9.55 Å². The smallest absolute Gasteiger partial charge is 0.338 e. The van der Waals surface area contributed by atoms with Gasteiger partial charge in [0.1, 0.15) is 12.7 Å². The highest BCUT2D eigenvalue weighted by Crippen LogP contribution is 2.23. The van der Waals surface area contributed by atoms with E-state index in [1.54, 1.807) is 37.3 Å². The molecule has 1 aromatic heterocycles. The van der Waals surface area contributed by atoms with Crippen LogP contribution in [0.5, 0.6) is 0 Å². The van der Waals surface area contributed by atoms with E-state index in [9.17, 15) is 24.0 Å². The van der Waals surface area contributed by atoms with Gasteiger partial charge in [0.15, 0.2) is 12.3 Å². The average molecular weight is 462 g/mol. The summed E-state index contributed by atoms with van der Waals surface area (Å²) >= 11 is 0. The van der Waals surface area contributed by atoms with Crippen LogP contribution in [0.4, 0.5) is 0 Å². The summed E-state index contributed by atoms with van der Waals surface area (Å²) in [5.41, 5.74) is -1.13. The van der Waals surface area contributed by atoms with Gasteiger partial charge in [0.2, 0.25) is 0 Å². The second-order valence-corrected chi connectivity index (χ2v) is 7.21. The van der Waals surface area contributed by atoms with Gasteiger partial charge in [-0.05, 0) is 26.0 Å². The Balaban J connectivity index is 2.29. The lowest BCUT2D eigenvalue weighted by Gasteiger charge is -2.33. The number of H-pyrrole nitrogens is 1. The fourth-order valence-electron chi connectivity index (χ4n) is 2.96. The first-order valence-corrected chi connectivity index (χ1v) is 10.1. The van der Waals surface area contributed by atoms with Crippen molar-refractivity contribution >= 4 is 17.9 Å². The van der Waals surface area contributed by atoms with Gasteiger partial charge in [0.05, 0.1) is 11.7 Å². The van der Waals surface area contributed by atoms with Crippen molar-refractivity contribution in [2.24, 2.45) is 0 Å². The highest BCUT2D eigenvalue weighted by atomic mass is 16.6. The van der Waals surface area contributed by atoms with E-state index in [0.29, 0.717) is 5.56 Å². The lowest BCUT2D eigenvalue weighted by atomic mass is 10.2. The minimum Gasteiger partial charge on any atom is -0.459 e. The van der Waals surface area contributed by atoms with Crippen LogP contribution in [0.1, 0.15) is 44.3 Å². The number of esters is 3. The fourth-order valence-corrected chi connectivity index (χ4v) is 2.96. The number of rotatable bonds is 10. The molecule has 1 heterocycles. The van der Waals surface area contributed by atoms with Crippen molar-refractivity contribution in [3.63, 3.8) is 0 Å². The number of carbonyl (C=O) groups excluding carboxylic acids is 3. The predicted molar refractivity (Wildman–Crippen MR) is 114 cm³/mol. The molecular weight excluding hydrogens is 436 g/mol. The van der Waals surface area contributed by atoms with Crippen molar-refractivity contribution in [2.75, 3.05) is 6.61 Å². The molecule has 0 aliphatic heterocycles. The van der Waals surface area contributed by atoms with Gasteiger partial charge in [-0.25, -0.2) is 9.59 Å². The number of carbonyl (C=O) groups is 3. The number of hydrogen-bond donors (Lipinski definition) is 1. The third kappa shape index (κ3) is 7.72. The van der Waals surface area contributed by atoms with Crippen molar-refractivity contribution in [3.05, 3.63) is 69.0 Å². The van der Waals surface area contributed by atoms with Crippen LogP contribution in [0.3, 0.4) is 0 Å². The summed E-state index contributed by atoms with van der Waals surface area (Å²) in [7, 11) is 0. The van der Waals surface area contributed by atoms with Crippen molar-refractivity contribution in [1.29, 1.82) is 0 Å². The maximum atomic E-state index is 12.4. The van der Waals surface area contributed by atoms with Crippen LogP contribution < -0.4 is 11.2 Å². The zero-order valence-corrected chi connectivity index (χ0v) is 18.7. The molecule has 178 valence electrons. The molecule has 0 spiro atoms. The van der Waals surface area contributed by atoms with E-state index in [2.05, 4.69) is 4.98 Å². The Morgan fingerprint density at radius 2 is 1.61 bits per heavy atom. The monoisotopic (exact) mass is 462 g/mol. The summed E-state index contributed by atoms with van der Waals surface area (Å²) in [4.78, 5) is 61.5. The Labute approximate surface area is 189 Å². The molecule has 11 nitrogen and oxygen atoms in total. The van der Waals surface area contributed by atoms with Gasteiger partial charge in [-0.2, -0.15) is 0 Å². The average Bonchev–Trinajstić information content (AvgIpc) is 2.74. The number of aromatic amines is 1. The van der Waals surface area contributed by atoms with Crippen LogP contribution in [-0.2, 0) is 28.5 Å². The van der Waals surface area contributed by atoms with Gasteiger partial charge in [-0.1, -0.05) is 18.2 Å². The molecule has 0 bridgehead atoms. The molecule has 0 aliphatic rings. The molecule has 4 atom stereocenters. The van der Waals surface area contributed by atoms with Gasteiger partial charge in [0, 0.05) is 26.1 Å². The number of aromatic nitrogens is 2. The van der Waals surface area contributed by atoms with E-state index in [0.717, 1.165) is 23.8 Å². The Hall–Kier alpha value is -3.73. The van der Waals surface area contributed by atoms with Crippen LogP contribution in [0.15, 0.2) is 52.2 Å². The molecule has 0 radical (unpaired) electrons. The first-order chi connectivity index (χ1) is 15.6. The summed E-state index contributed by atoms with van der Waals surface area (Å²) in [6, 6.07) is 9.40. The highest BCUT2D eigenvalue weighted by molar-refractivity contribution is 5.89. The highest BCUT2D eigenvalue weighted by Gasteiger charge is 2.36. The minimum atomic E-state index is -1.32. The second-order valence-electron chi connectivity index (χ2n) is 7.21. The molecule has 3 unspecified atom stereocenters. The Morgan fingerprint density at radius 1 is 0.970 bits per heavy atom. The largest absolute Gasteiger partial charge is 0.459 e. The molecule has 33 heavy (non-hydrogen) atoms. The van der Waals surface area contributed by atoms with Gasteiger partial charge in [0.25, 0.3) is 5.56 Å². The number of nitrogens with zero attached hydrogens (tertiary/aromatic N) is 1. The van der Waals surface area contributed by atoms with E-state index in [1.807, 2.05) is 0 Å². The molecule has 11 heteroatoms. The summed E-state index contributed by atoms with van der Waals surface area (Å²) in [6.07, 6.45) is -3.23. The van der Waals surface area contributed by atoms with E-state index in [1.165, 1.54) is 13.8 Å². The normalized spacial score (nSPS) is 14.4. The summed E-state index contributed by atoms with van der Waals surface area (Å²) in [5, 5.41) is 0. The molecular formula is C22H26N2O9. The van der Waals surface area contributed by atoms with Crippen LogP contribution in [0, 0.1) is 0 Å². The topological polar surface area (TPSA) is 143 Å². The van der Waals surface area contributed by atoms with Crippen molar-refractivity contribution in [2.45, 2.75) is 52.2 Å². The Bertz CT molecular complexity index is 1080. The lowest BCUT2D eigenvalue weighted by molar-refractivity contribution is -0.194. The Morgan fingerprint density at radius 3 is 2.18 bits per heavy atom. The molecule has 0 amide bonds. The number of nitrogens with one attached hydrogen (secondary N) is 1. The summed E-state index contributed by atoms with van der Waals surface area (Å²) in [5.74, 6) is -1.93. The zero-order chi connectivity index (χ0) is 24.5. The van der Waals surface area contributed by atoms with Crippen LogP contribution in [-0.4, -0.2) is 52.4 Å². The third-order valence-corrected chi connectivity index (χ3v) is 4.35. The van der Waals surface area contributed by atoms with E-state index in [4.69, 9.17) is 18.9 Å². The molecule has 0 saturated heterocycles. The maximum Gasteiger partial charge on any atom is 0.338 e. The lowest BCUT2D eigenvalue weighted by Crippen LogP contribution is -2.46. The summed E-state index contributed by atoms with van der Waals surface area (Å²) < 4.78 is 22.6. The van der Waals surface area contributed by atoms with E-state index in [-0.39, 0.29) is 6.61 Å². The standard InChI is InChI=1S/C22H26N2O9/c1-13(12-30-21(28)17-8-6-5-7-9-17)31-20(24-11-10-18(27)23-22(24)29)19(33-16(4)26)14(2)32-15(3)25/h5-11,13-14,19-20H,12H2,1-4H3,(H,23,27,29)/t13-,14?,19?,20?/m0/s1. The molecule has 0 fully saturated rings. The van der Waals surface area contributed by atoms with Crippen LogP contribution in [0.2, 0.25) is 0 Å². The molecule has 2 rings (SSSR count). The third-order valence-electron chi connectivity index (χ3n) is 4.35. The first-order valence-electron chi connectivity index (χ1n) is 10.1. The molecule has 2 aromatic rings. The number of benzene rings is 1. The predicted octanol–water partition coefficient (Wildman–Crippen LogP) is 1.18. The van der Waals surface area contributed by atoms with Crippen LogP contribution >= 0.6 is 0 Å². The van der Waals surface area contributed by atoms with Crippen molar-refractivity contribution in [3.8, 4) is 0 Å². The van der Waals surface area contributed by atoms with Crippen LogP contribution in [0.25, 0.3) is 0 Å². The SMILES string of the molecule is CC(=O)OC(C)C(OC(C)=O)C(O[C@@H](C)COC(=O)c1ccccc1)n1ccc(=O)[nH]c1=O. The van der Waals surface area contributed by atoms with E-state index < -0.39 is 53.7 Å². The van der Waals surface area contributed by atoms with Gasteiger partial charge >= 0.3 is 23.6 Å². The number of hydrogen-bond acceptors (Lipinski definition) is 9. The molecule has 1 aromatic carbocycles. The zero-order valence-electron chi connectivity index (χ0n) is 18.7. The maximum absolute atomic E-state index is 12.4. The molecule has 0 saturated carbocycles. The fraction of sp³-hybridized carbons (Fsp3) is 0.409. The minimum absolute atomic E-state index is 0.197. The second kappa shape index (κ2) is 11.8. The van der Waals surface area contributed by atoms with Crippen molar-refractivity contribution < 1.29 is 33.3 Å². The van der Waals surface area contributed by atoms with E-state index >= 15 is 0 Å². The van der Waals surface area contributed by atoms with Gasteiger partial charge < -0.3 is 18.9 Å². The molecule has 0 aliphatic carbocycles. The summed E-state index contributed by atoms with van der Waals surface area (Å²) in [6.45, 7) is 5.16.